The van der Waals surface area contributed by atoms with Crippen molar-refractivity contribution >= 4 is 15.9 Å². The van der Waals surface area contributed by atoms with Crippen LogP contribution in [0.3, 0.4) is 0 Å². The molecule has 1 aromatic rings. The van der Waals surface area contributed by atoms with Crippen LogP contribution in [0.4, 0.5) is 0 Å². The Kier molecular flexibility index (Phi) is 4.75. The summed E-state index contributed by atoms with van der Waals surface area (Å²) in [4.78, 5) is 4.14. The molecule has 3 nitrogen and oxygen atoms in total. The van der Waals surface area contributed by atoms with Crippen LogP contribution in [-0.2, 0) is 11.3 Å². The molecule has 88 valence electrons. The molecule has 16 heavy (non-hydrogen) atoms. The van der Waals surface area contributed by atoms with E-state index in [1.54, 1.807) is 0 Å². The van der Waals surface area contributed by atoms with Gasteiger partial charge in [0.25, 0.3) is 0 Å². The molecule has 0 amide bonds. The Labute approximate surface area is 105 Å². The van der Waals surface area contributed by atoms with Crippen molar-refractivity contribution in [2.75, 3.05) is 19.8 Å². The van der Waals surface area contributed by atoms with E-state index in [4.69, 9.17) is 4.74 Å². The second-order valence-corrected chi connectivity index (χ2v) is 5.11. The normalized spacial score (nSPS) is 17.6. The van der Waals surface area contributed by atoms with E-state index in [9.17, 15) is 0 Å². The second kappa shape index (κ2) is 6.33. The highest BCUT2D eigenvalue weighted by atomic mass is 79.9. The van der Waals surface area contributed by atoms with Crippen LogP contribution in [0.1, 0.15) is 18.4 Å². The minimum absolute atomic E-state index is 0.772. The third-order valence-electron chi connectivity index (χ3n) is 2.86. The molecular weight excluding hydrogens is 268 g/mol. The first kappa shape index (κ1) is 12.0. The van der Waals surface area contributed by atoms with Gasteiger partial charge >= 0.3 is 0 Å². The molecule has 0 aliphatic carbocycles. The van der Waals surface area contributed by atoms with Crippen molar-refractivity contribution in [2.24, 2.45) is 5.92 Å². The van der Waals surface area contributed by atoms with Gasteiger partial charge in [-0.05, 0) is 52.9 Å². The number of ether oxygens (including phenoxy) is 1. The van der Waals surface area contributed by atoms with E-state index in [1.165, 1.54) is 18.4 Å². The quantitative estimate of drug-likeness (QED) is 0.922. The third-order valence-corrected chi connectivity index (χ3v) is 3.30. The monoisotopic (exact) mass is 284 g/mol. The Bertz CT molecular complexity index is 327. The Hall–Kier alpha value is -0.450. The van der Waals surface area contributed by atoms with Gasteiger partial charge in [-0.2, -0.15) is 0 Å². The molecule has 1 N–H and O–H groups in total. The van der Waals surface area contributed by atoms with E-state index in [1.807, 2.05) is 12.4 Å². The maximum absolute atomic E-state index is 5.34. The number of pyridine rings is 1. The van der Waals surface area contributed by atoms with Crippen LogP contribution in [0.2, 0.25) is 0 Å². The van der Waals surface area contributed by atoms with Gasteiger partial charge in [-0.3, -0.25) is 4.98 Å². The molecule has 0 saturated carbocycles. The fourth-order valence-electron chi connectivity index (χ4n) is 1.92. The number of rotatable bonds is 4. The number of halogens is 1. The molecule has 1 aliphatic rings. The molecule has 0 bridgehead atoms. The van der Waals surface area contributed by atoms with Crippen LogP contribution in [0, 0.1) is 5.92 Å². The van der Waals surface area contributed by atoms with Crippen LogP contribution in [0.5, 0.6) is 0 Å². The standard InChI is InChI=1S/C12H17BrN2O/c13-12-5-11(8-15-9-12)7-14-6-10-1-3-16-4-2-10/h5,8-10,14H,1-4,6-7H2. The summed E-state index contributed by atoms with van der Waals surface area (Å²) in [7, 11) is 0. The van der Waals surface area contributed by atoms with Gasteiger partial charge in [0.15, 0.2) is 0 Å². The van der Waals surface area contributed by atoms with Gasteiger partial charge in [-0.1, -0.05) is 0 Å². The first-order valence-electron chi connectivity index (χ1n) is 5.72. The van der Waals surface area contributed by atoms with Crippen molar-refractivity contribution in [1.82, 2.24) is 10.3 Å². The Balaban J connectivity index is 1.71. The lowest BCUT2D eigenvalue weighted by Crippen LogP contribution is -2.27. The van der Waals surface area contributed by atoms with Gasteiger partial charge < -0.3 is 10.1 Å². The maximum atomic E-state index is 5.34. The zero-order valence-electron chi connectivity index (χ0n) is 9.29. The van der Waals surface area contributed by atoms with Crippen LogP contribution in [0.25, 0.3) is 0 Å². The molecule has 1 aliphatic heterocycles. The third kappa shape index (κ3) is 3.85. The number of hydrogen-bond donors (Lipinski definition) is 1. The molecule has 0 aromatic carbocycles. The fraction of sp³-hybridized carbons (Fsp3) is 0.583. The Morgan fingerprint density at radius 3 is 2.94 bits per heavy atom. The molecule has 0 spiro atoms. The highest BCUT2D eigenvalue weighted by Crippen LogP contribution is 2.14. The molecule has 0 unspecified atom stereocenters. The number of nitrogens with zero attached hydrogens (tertiary/aromatic N) is 1. The largest absolute Gasteiger partial charge is 0.381 e. The van der Waals surface area contributed by atoms with Crippen molar-refractivity contribution in [3.05, 3.63) is 28.5 Å². The SMILES string of the molecule is Brc1cncc(CNCC2CCOCC2)c1. The minimum Gasteiger partial charge on any atom is -0.381 e. The summed E-state index contributed by atoms with van der Waals surface area (Å²) in [5, 5.41) is 3.48. The van der Waals surface area contributed by atoms with Gasteiger partial charge in [0.2, 0.25) is 0 Å². The molecule has 1 aromatic heterocycles. The number of hydrogen-bond acceptors (Lipinski definition) is 3. The first-order valence-corrected chi connectivity index (χ1v) is 6.52. The fourth-order valence-corrected chi connectivity index (χ4v) is 2.34. The van der Waals surface area contributed by atoms with E-state index < -0.39 is 0 Å². The highest BCUT2D eigenvalue weighted by molar-refractivity contribution is 9.10. The summed E-state index contributed by atoms with van der Waals surface area (Å²) in [6.45, 7) is 3.81. The zero-order chi connectivity index (χ0) is 11.2. The van der Waals surface area contributed by atoms with Gasteiger partial charge in [-0.15, -0.1) is 0 Å². The first-order chi connectivity index (χ1) is 7.84. The summed E-state index contributed by atoms with van der Waals surface area (Å²) in [6, 6.07) is 2.10. The summed E-state index contributed by atoms with van der Waals surface area (Å²) < 4.78 is 6.38. The average molecular weight is 285 g/mol. The predicted octanol–water partition coefficient (Wildman–Crippen LogP) is 2.36. The molecule has 1 fully saturated rings. The van der Waals surface area contributed by atoms with E-state index in [0.29, 0.717) is 0 Å². The van der Waals surface area contributed by atoms with E-state index in [0.717, 1.165) is 36.7 Å². The maximum Gasteiger partial charge on any atom is 0.0469 e. The molecule has 2 heterocycles. The second-order valence-electron chi connectivity index (χ2n) is 4.20. The molecule has 2 rings (SSSR count). The summed E-state index contributed by atoms with van der Waals surface area (Å²) in [6.07, 6.45) is 6.08. The lowest BCUT2D eigenvalue weighted by molar-refractivity contribution is 0.0662. The van der Waals surface area contributed by atoms with Crippen molar-refractivity contribution < 1.29 is 4.74 Å². The number of nitrogens with one attached hydrogen (secondary N) is 1. The predicted molar refractivity (Wildman–Crippen MR) is 67.2 cm³/mol. The molecule has 4 heteroatoms. The van der Waals surface area contributed by atoms with Crippen LogP contribution in [0.15, 0.2) is 22.9 Å². The average Bonchev–Trinajstić information content (AvgIpc) is 2.30. The van der Waals surface area contributed by atoms with Crippen molar-refractivity contribution in [3.8, 4) is 0 Å². The van der Waals surface area contributed by atoms with Gasteiger partial charge in [0, 0.05) is 36.6 Å². The van der Waals surface area contributed by atoms with Crippen LogP contribution < -0.4 is 5.32 Å². The van der Waals surface area contributed by atoms with Crippen molar-refractivity contribution in [2.45, 2.75) is 19.4 Å². The topological polar surface area (TPSA) is 34.2 Å². The molecular formula is C12H17BrN2O. The molecule has 0 atom stereocenters. The van der Waals surface area contributed by atoms with E-state index in [-0.39, 0.29) is 0 Å². The molecule has 1 saturated heterocycles. The van der Waals surface area contributed by atoms with E-state index >= 15 is 0 Å². The lowest BCUT2D eigenvalue weighted by atomic mass is 10.0. The Morgan fingerprint density at radius 1 is 1.38 bits per heavy atom. The highest BCUT2D eigenvalue weighted by Gasteiger charge is 2.12. The van der Waals surface area contributed by atoms with Gasteiger partial charge in [0.1, 0.15) is 0 Å². The van der Waals surface area contributed by atoms with Crippen LogP contribution >= 0.6 is 15.9 Å². The summed E-state index contributed by atoms with van der Waals surface area (Å²) in [5.74, 6) is 0.772. The van der Waals surface area contributed by atoms with Gasteiger partial charge in [0.05, 0.1) is 0 Å². The smallest absolute Gasteiger partial charge is 0.0469 e. The van der Waals surface area contributed by atoms with E-state index in [2.05, 4.69) is 32.3 Å². The van der Waals surface area contributed by atoms with Crippen molar-refractivity contribution in [3.63, 3.8) is 0 Å². The zero-order valence-corrected chi connectivity index (χ0v) is 10.9. The summed E-state index contributed by atoms with van der Waals surface area (Å²) in [5.41, 5.74) is 1.22. The summed E-state index contributed by atoms with van der Waals surface area (Å²) >= 11 is 3.42. The minimum atomic E-state index is 0.772. The van der Waals surface area contributed by atoms with Crippen LogP contribution in [-0.4, -0.2) is 24.7 Å². The Morgan fingerprint density at radius 2 is 2.19 bits per heavy atom. The van der Waals surface area contributed by atoms with Gasteiger partial charge in [-0.25, -0.2) is 0 Å². The lowest BCUT2D eigenvalue weighted by Gasteiger charge is -2.22. The number of aromatic nitrogens is 1. The molecule has 0 radical (unpaired) electrons. The van der Waals surface area contributed by atoms with Crippen molar-refractivity contribution in [1.29, 1.82) is 0 Å².